The first-order valence-electron chi connectivity index (χ1n) is 5.86. The molecular formula is C15H13NO2. The molecule has 1 heterocycles. The van der Waals surface area contributed by atoms with Crippen LogP contribution in [0.5, 0.6) is 5.75 Å². The first-order valence-corrected chi connectivity index (χ1v) is 5.86. The Kier molecular flexibility index (Phi) is 2.73. The lowest BCUT2D eigenvalue weighted by Crippen LogP contribution is -1.95. The molecule has 1 aromatic heterocycles. The van der Waals surface area contributed by atoms with Gasteiger partial charge in [0.15, 0.2) is 5.58 Å². The maximum Gasteiger partial charge on any atom is 0.170 e. The van der Waals surface area contributed by atoms with Crippen LogP contribution in [0.1, 0.15) is 11.3 Å². The van der Waals surface area contributed by atoms with Crippen molar-refractivity contribution < 1.29 is 9.26 Å². The van der Waals surface area contributed by atoms with Crippen LogP contribution in [0.15, 0.2) is 53.1 Å². The summed E-state index contributed by atoms with van der Waals surface area (Å²) in [7, 11) is 0. The summed E-state index contributed by atoms with van der Waals surface area (Å²) < 4.78 is 11.1. The highest BCUT2D eigenvalue weighted by atomic mass is 16.5. The van der Waals surface area contributed by atoms with E-state index in [1.165, 1.54) is 0 Å². The van der Waals surface area contributed by atoms with E-state index in [1.807, 2.05) is 55.5 Å². The Morgan fingerprint density at radius 3 is 2.72 bits per heavy atom. The average Bonchev–Trinajstić information content (AvgIpc) is 2.80. The summed E-state index contributed by atoms with van der Waals surface area (Å²) in [6, 6.07) is 15.8. The number of aryl methyl sites for hydroxylation is 1. The Morgan fingerprint density at radius 2 is 1.89 bits per heavy atom. The van der Waals surface area contributed by atoms with Crippen LogP contribution in [0, 0.1) is 6.92 Å². The second-order valence-corrected chi connectivity index (χ2v) is 4.17. The minimum absolute atomic E-state index is 0.546. The maximum atomic E-state index is 5.84. The first kappa shape index (κ1) is 10.8. The van der Waals surface area contributed by atoms with Crippen molar-refractivity contribution in [2.24, 2.45) is 0 Å². The number of benzene rings is 2. The van der Waals surface area contributed by atoms with Crippen molar-refractivity contribution in [3.05, 3.63) is 59.8 Å². The molecule has 18 heavy (non-hydrogen) atoms. The van der Waals surface area contributed by atoms with E-state index in [9.17, 15) is 0 Å². The molecule has 0 aliphatic carbocycles. The number of nitrogens with zero attached hydrogens (tertiary/aromatic N) is 1. The molecule has 3 aromatic rings. The van der Waals surface area contributed by atoms with Gasteiger partial charge in [-0.2, -0.15) is 0 Å². The summed E-state index contributed by atoms with van der Waals surface area (Å²) in [4.78, 5) is 0. The molecule has 3 nitrogen and oxygen atoms in total. The van der Waals surface area contributed by atoms with Gasteiger partial charge < -0.3 is 9.26 Å². The van der Waals surface area contributed by atoms with Crippen molar-refractivity contribution in [3.8, 4) is 5.75 Å². The molecule has 0 bridgehead atoms. The third-order valence-corrected chi connectivity index (χ3v) is 2.87. The van der Waals surface area contributed by atoms with E-state index in [4.69, 9.17) is 9.26 Å². The molecule has 0 N–H and O–H groups in total. The Bertz CT molecular complexity index is 659. The number of aromatic nitrogens is 1. The van der Waals surface area contributed by atoms with Crippen molar-refractivity contribution >= 4 is 11.0 Å². The van der Waals surface area contributed by atoms with Crippen LogP contribution in [0.25, 0.3) is 11.0 Å². The molecule has 0 saturated heterocycles. The van der Waals surface area contributed by atoms with Gasteiger partial charge in [-0.3, -0.25) is 0 Å². The van der Waals surface area contributed by atoms with Gasteiger partial charge in [0.1, 0.15) is 12.4 Å². The first-order chi connectivity index (χ1) is 8.84. The standard InChI is InChI=1S/C15H13NO2/c1-11-15-13(8-5-9-14(15)18-16-11)17-10-12-6-3-2-4-7-12/h2-9H,10H2,1H3. The van der Waals surface area contributed by atoms with E-state index in [2.05, 4.69) is 5.16 Å². The Morgan fingerprint density at radius 1 is 1.06 bits per heavy atom. The summed E-state index contributed by atoms with van der Waals surface area (Å²) in [6.07, 6.45) is 0. The van der Waals surface area contributed by atoms with Gasteiger partial charge in [-0.25, -0.2) is 0 Å². The molecule has 0 atom stereocenters. The van der Waals surface area contributed by atoms with Gasteiger partial charge in [-0.05, 0) is 24.6 Å². The molecule has 3 rings (SSSR count). The highest BCUT2D eigenvalue weighted by molar-refractivity contribution is 5.85. The fourth-order valence-corrected chi connectivity index (χ4v) is 1.96. The Hall–Kier alpha value is -2.29. The SMILES string of the molecule is Cc1noc2cccc(OCc3ccccc3)c12. The van der Waals surface area contributed by atoms with E-state index in [0.29, 0.717) is 6.61 Å². The van der Waals surface area contributed by atoms with Crippen molar-refractivity contribution in [1.82, 2.24) is 5.16 Å². The highest BCUT2D eigenvalue weighted by Gasteiger charge is 2.09. The molecule has 0 amide bonds. The van der Waals surface area contributed by atoms with E-state index < -0.39 is 0 Å². The molecule has 3 heteroatoms. The van der Waals surface area contributed by atoms with Crippen molar-refractivity contribution in [2.75, 3.05) is 0 Å². The molecule has 0 unspecified atom stereocenters. The van der Waals surface area contributed by atoms with E-state index in [1.54, 1.807) is 0 Å². The smallest absolute Gasteiger partial charge is 0.170 e. The summed E-state index contributed by atoms with van der Waals surface area (Å²) in [6.45, 7) is 2.46. The van der Waals surface area contributed by atoms with Gasteiger partial charge >= 0.3 is 0 Å². The van der Waals surface area contributed by atoms with Crippen LogP contribution < -0.4 is 4.74 Å². The fraction of sp³-hybridized carbons (Fsp3) is 0.133. The fourth-order valence-electron chi connectivity index (χ4n) is 1.96. The molecular weight excluding hydrogens is 226 g/mol. The maximum absolute atomic E-state index is 5.84. The largest absolute Gasteiger partial charge is 0.488 e. The van der Waals surface area contributed by atoms with Gasteiger partial charge in [-0.15, -0.1) is 0 Å². The number of ether oxygens (including phenoxy) is 1. The van der Waals surface area contributed by atoms with Crippen molar-refractivity contribution in [3.63, 3.8) is 0 Å². The average molecular weight is 239 g/mol. The number of hydrogen-bond donors (Lipinski definition) is 0. The molecule has 0 radical (unpaired) electrons. The number of fused-ring (bicyclic) bond motifs is 1. The zero-order valence-electron chi connectivity index (χ0n) is 10.1. The van der Waals surface area contributed by atoms with Crippen LogP contribution in [0.3, 0.4) is 0 Å². The van der Waals surface area contributed by atoms with E-state index in [0.717, 1.165) is 28.0 Å². The second kappa shape index (κ2) is 4.53. The summed E-state index contributed by atoms with van der Waals surface area (Å²) >= 11 is 0. The lowest BCUT2D eigenvalue weighted by molar-refractivity contribution is 0.310. The van der Waals surface area contributed by atoms with Gasteiger partial charge in [0.2, 0.25) is 0 Å². The molecule has 90 valence electrons. The van der Waals surface area contributed by atoms with Crippen molar-refractivity contribution in [1.29, 1.82) is 0 Å². The second-order valence-electron chi connectivity index (χ2n) is 4.17. The predicted octanol–water partition coefficient (Wildman–Crippen LogP) is 3.72. The van der Waals surface area contributed by atoms with Crippen LogP contribution in [0.2, 0.25) is 0 Å². The summed E-state index contributed by atoms with van der Waals surface area (Å²) in [5.74, 6) is 0.815. The van der Waals surface area contributed by atoms with Crippen LogP contribution in [0.4, 0.5) is 0 Å². The third kappa shape index (κ3) is 1.95. The molecule has 0 fully saturated rings. The Balaban J connectivity index is 1.89. The number of hydrogen-bond acceptors (Lipinski definition) is 3. The van der Waals surface area contributed by atoms with E-state index in [-0.39, 0.29) is 0 Å². The van der Waals surface area contributed by atoms with Gasteiger partial charge in [0.25, 0.3) is 0 Å². The third-order valence-electron chi connectivity index (χ3n) is 2.87. The predicted molar refractivity (Wildman–Crippen MR) is 69.5 cm³/mol. The van der Waals surface area contributed by atoms with Gasteiger partial charge in [0.05, 0.1) is 11.1 Å². The van der Waals surface area contributed by atoms with Gasteiger partial charge in [-0.1, -0.05) is 41.6 Å². The molecule has 2 aromatic carbocycles. The summed E-state index contributed by atoms with van der Waals surface area (Å²) in [5, 5.41) is 4.91. The summed E-state index contributed by atoms with van der Waals surface area (Å²) in [5.41, 5.74) is 2.76. The highest BCUT2D eigenvalue weighted by Crippen LogP contribution is 2.28. The van der Waals surface area contributed by atoms with Crippen LogP contribution in [-0.4, -0.2) is 5.16 Å². The van der Waals surface area contributed by atoms with Gasteiger partial charge in [0, 0.05) is 0 Å². The topological polar surface area (TPSA) is 35.3 Å². The Labute approximate surface area is 105 Å². The quantitative estimate of drug-likeness (QED) is 0.698. The molecule has 0 aliphatic heterocycles. The zero-order chi connectivity index (χ0) is 12.4. The monoisotopic (exact) mass is 239 g/mol. The molecule has 0 spiro atoms. The zero-order valence-corrected chi connectivity index (χ0v) is 10.1. The number of rotatable bonds is 3. The van der Waals surface area contributed by atoms with E-state index >= 15 is 0 Å². The minimum Gasteiger partial charge on any atom is -0.488 e. The normalized spacial score (nSPS) is 10.7. The molecule has 0 aliphatic rings. The minimum atomic E-state index is 0.546. The lowest BCUT2D eigenvalue weighted by Gasteiger charge is -2.07. The van der Waals surface area contributed by atoms with Crippen molar-refractivity contribution in [2.45, 2.75) is 13.5 Å². The molecule has 0 saturated carbocycles. The lowest BCUT2D eigenvalue weighted by atomic mass is 10.2. The van der Waals surface area contributed by atoms with Crippen LogP contribution in [-0.2, 0) is 6.61 Å². The van der Waals surface area contributed by atoms with Crippen LogP contribution >= 0.6 is 0 Å².